The van der Waals surface area contributed by atoms with Crippen LogP contribution in [0, 0.1) is 6.92 Å². The first-order valence-corrected chi connectivity index (χ1v) is 7.39. The molecule has 0 atom stereocenters. The average molecular weight is 317 g/mol. The fourth-order valence-electron chi connectivity index (χ4n) is 2.88. The highest BCUT2D eigenvalue weighted by molar-refractivity contribution is 6.06. The molecule has 2 N–H and O–H groups in total. The van der Waals surface area contributed by atoms with Crippen LogP contribution in [0.15, 0.2) is 42.5 Å². The lowest BCUT2D eigenvalue weighted by Gasteiger charge is -2.30. The lowest BCUT2D eigenvalue weighted by atomic mass is 9.98. The summed E-state index contributed by atoms with van der Waals surface area (Å²) in [5.74, 6) is 0.0726. The van der Waals surface area contributed by atoms with Gasteiger partial charge in [0.25, 0.3) is 5.91 Å². The maximum atomic E-state index is 12.7. The van der Waals surface area contributed by atoms with E-state index in [-0.39, 0.29) is 18.3 Å². The first kappa shape index (κ1) is 16.5. The highest BCUT2D eigenvalue weighted by atomic mass is 35.5. The van der Waals surface area contributed by atoms with Gasteiger partial charge in [-0.1, -0.05) is 29.8 Å². The van der Waals surface area contributed by atoms with Crippen molar-refractivity contribution in [3.8, 4) is 0 Å². The molecule has 0 saturated heterocycles. The molecule has 0 aliphatic carbocycles. The predicted octanol–water partition coefficient (Wildman–Crippen LogP) is 3.47. The number of anilines is 1. The zero-order valence-electron chi connectivity index (χ0n) is 12.7. The lowest BCUT2D eigenvalue weighted by Crippen LogP contribution is -2.35. The Balaban J connectivity index is 0.00000176. The van der Waals surface area contributed by atoms with Gasteiger partial charge in [0, 0.05) is 24.3 Å². The van der Waals surface area contributed by atoms with Crippen molar-refractivity contribution in [1.82, 2.24) is 0 Å². The molecule has 1 heterocycles. The normalized spacial score (nSPS) is 13.3. The predicted molar refractivity (Wildman–Crippen MR) is 92.8 cm³/mol. The number of aryl methyl sites for hydroxylation is 2. The Morgan fingerprint density at radius 2 is 1.91 bits per heavy atom. The molecule has 2 aromatic rings. The third kappa shape index (κ3) is 3.16. The van der Waals surface area contributed by atoms with Crippen LogP contribution in [0.1, 0.15) is 33.5 Å². The van der Waals surface area contributed by atoms with Gasteiger partial charge in [0.15, 0.2) is 0 Å². The van der Waals surface area contributed by atoms with Gasteiger partial charge in [0.1, 0.15) is 0 Å². The van der Waals surface area contributed by atoms with Gasteiger partial charge in [-0.3, -0.25) is 4.79 Å². The number of hydrogen-bond acceptors (Lipinski definition) is 2. The molecule has 4 heteroatoms. The molecule has 22 heavy (non-hydrogen) atoms. The van der Waals surface area contributed by atoms with E-state index in [1.165, 1.54) is 11.1 Å². The van der Waals surface area contributed by atoms with Crippen molar-refractivity contribution in [1.29, 1.82) is 0 Å². The van der Waals surface area contributed by atoms with E-state index in [0.717, 1.165) is 36.2 Å². The number of halogens is 1. The number of nitrogens with zero attached hydrogens (tertiary/aromatic N) is 1. The Bertz CT molecular complexity index is 667. The molecule has 1 aliphatic heterocycles. The molecule has 2 aromatic carbocycles. The van der Waals surface area contributed by atoms with E-state index < -0.39 is 0 Å². The Hall–Kier alpha value is -1.84. The molecule has 0 saturated carbocycles. The van der Waals surface area contributed by atoms with Gasteiger partial charge < -0.3 is 10.6 Å². The highest BCUT2D eigenvalue weighted by Gasteiger charge is 2.23. The van der Waals surface area contributed by atoms with Crippen LogP contribution in [0.4, 0.5) is 5.69 Å². The van der Waals surface area contributed by atoms with Crippen molar-refractivity contribution in [3.63, 3.8) is 0 Å². The zero-order valence-corrected chi connectivity index (χ0v) is 13.5. The summed E-state index contributed by atoms with van der Waals surface area (Å²) in [6, 6.07) is 13.9. The van der Waals surface area contributed by atoms with Gasteiger partial charge in [-0.2, -0.15) is 0 Å². The molecule has 1 amide bonds. The second-order valence-electron chi connectivity index (χ2n) is 5.59. The van der Waals surface area contributed by atoms with E-state index in [0.29, 0.717) is 6.54 Å². The minimum atomic E-state index is 0. The molecule has 0 bridgehead atoms. The first-order valence-electron chi connectivity index (χ1n) is 7.39. The standard InChI is InChI=1S/C18H20N2O.ClH/c1-13-4-9-17-16(11-13)3-2-10-20(17)18(21)15-7-5-14(12-19)6-8-15;/h4-9,11H,2-3,10,12,19H2,1H3;1H. The monoisotopic (exact) mass is 316 g/mol. The summed E-state index contributed by atoms with van der Waals surface area (Å²) >= 11 is 0. The number of amides is 1. The molecule has 0 unspecified atom stereocenters. The molecule has 1 aliphatic rings. The molecule has 0 radical (unpaired) electrons. The number of nitrogens with two attached hydrogens (primary N) is 1. The van der Waals surface area contributed by atoms with Crippen molar-refractivity contribution in [2.24, 2.45) is 5.73 Å². The van der Waals surface area contributed by atoms with Crippen LogP contribution in [0.25, 0.3) is 0 Å². The Kier molecular flexibility index (Phi) is 5.22. The number of carbonyl (C=O) groups excluding carboxylic acids is 1. The molecule has 0 fully saturated rings. The van der Waals surface area contributed by atoms with Crippen molar-refractivity contribution >= 4 is 24.0 Å². The van der Waals surface area contributed by atoms with Crippen molar-refractivity contribution in [3.05, 3.63) is 64.7 Å². The second kappa shape index (κ2) is 6.95. The summed E-state index contributed by atoms with van der Waals surface area (Å²) < 4.78 is 0. The van der Waals surface area contributed by atoms with Crippen LogP contribution in [0.3, 0.4) is 0 Å². The number of hydrogen-bond donors (Lipinski definition) is 1. The van der Waals surface area contributed by atoms with E-state index in [2.05, 4.69) is 25.1 Å². The Labute approximate surface area is 137 Å². The van der Waals surface area contributed by atoms with Crippen LogP contribution in [0.2, 0.25) is 0 Å². The fourth-order valence-corrected chi connectivity index (χ4v) is 2.88. The van der Waals surface area contributed by atoms with Gasteiger partial charge in [-0.15, -0.1) is 12.4 Å². The first-order chi connectivity index (χ1) is 10.2. The van der Waals surface area contributed by atoms with Crippen molar-refractivity contribution in [2.45, 2.75) is 26.3 Å². The smallest absolute Gasteiger partial charge is 0.258 e. The van der Waals surface area contributed by atoms with E-state index in [1.807, 2.05) is 29.2 Å². The Morgan fingerprint density at radius 1 is 1.18 bits per heavy atom. The summed E-state index contributed by atoms with van der Waals surface area (Å²) in [7, 11) is 0. The van der Waals surface area contributed by atoms with Crippen molar-refractivity contribution in [2.75, 3.05) is 11.4 Å². The average Bonchev–Trinajstić information content (AvgIpc) is 2.53. The third-order valence-electron chi connectivity index (χ3n) is 4.04. The van der Waals surface area contributed by atoms with E-state index in [4.69, 9.17) is 5.73 Å². The van der Waals surface area contributed by atoms with E-state index in [9.17, 15) is 4.79 Å². The molecule has 3 nitrogen and oxygen atoms in total. The number of benzene rings is 2. The number of fused-ring (bicyclic) bond motifs is 1. The van der Waals surface area contributed by atoms with Gasteiger partial charge in [0.05, 0.1) is 0 Å². The number of rotatable bonds is 2. The molecule has 0 aromatic heterocycles. The number of carbonyl (C=O) groups is 1. The third-order valence-corrected chi connectivity index (χ3v) is 4.04. The molecular weight excluding hydrogens is 296 g/mol. The van der Waals surface area contributed by atoms with Crippen LogP contribution in [-0.2, 0) is 13.0 Å². The summed E-state index contributed by atoms with van der Waals surface area (Å²) in [5.41, 5.74) is 10.9. The van der Waals surface area contributed by atoms with Crippen LogP contribution in [-0.4, -0.2) is 12.5 Å². The topological polar surface area (TPSA) is 46.3 Å². The van der Waals surface area contributed by atoms with Crippen LogP contribution in [0.5, 0.6) is 0 Å². The SMILES string of the molecule is Cc1ccc2c(c1)CCCN2C(=O)c1ccc(CN)cc1.Cl. The van der Waals surface area contributed by atoms with Gasteiger partial charge >= 0.3 is 0 Å². The fraction of sp³-hybridized carbons (Fsp3) is 0.278. The summed E-state index contributed by atoms with van der Waals surface area (Å²) in [6.07, 6.45) is 2.07. The summed E-state index contributed by atoms with van der Waals surface area (Å²) in [4.78, 5) is 14.6. The second-order valence-corrected chi connectivity index (χ2v) is 5.59. The molecule has 3 rings (SSSR count). The molecule has 116 valence electrons. The minimum Gasteiger partial charge on any atom is -0.326 e. The maximum Gasteiger partial charge on any atom is 0.258 e. The Morgan fingerprint density at radius 3 is 2.59 bits per heavy atom. The quantitative estimate of drug-likeness (QED) is 0.922. The minimum absolute atomic E-state index is 0. The summed E-state index contributed by atoms with van der Waals surface area (Å²) in [6.45, 7) is 3.38. The van der Waals surface area contributed by atoms with Gasteiger partial charge in [-0.05, 0) is 49.1 Å². The maximum absolute atomic E-state index is 12.7. The molecular formula is C18H21ClN2O. The highest BCUT2D eigenvalue weighted by Crippen LogP contribution is 2.29. The van der Waals surface area contributed by atoms with E-state index >= 15 is 0 Å². The molecule has 0 spiro atoms. The van der Waals surface area contributed by atoms with Crippen molar-refractivity contribution < 1.29 is 4.79 Å². The van der Waals surface area contributed by atoms with Crippen LogP contribution < -0.4 is 10.6 Å². The largest absolute Gasteiger partial charge is 0.326 e. The van der Waals surface area contributed by atoms with Crippen LogP contribution >= 0.6 is 12.4 Å². The van der Waals surface area contributed by atoms with Gasteiger partial charge in [-0.25, -0.2) is 0 Å². The summed E-state index contributed by atoms with van der Waals surface area (Å²) in [5, 5.41) is 0. The zero-order chi connectivity index (χ0) is 14.8. The lowest BCUT2D eigenvalue weighted by molar-refractivity contribution is 0.0985. The van der Waals surface area contributed by atoms with E-state index in [1.54, 1.807) is 0 Å². The van der Waals surface area contributed by atoms with Gasteiger partial charge in [0.2, 0.25) is 0 Å².